The molecule has 1 aromatic rings. The monoisotopic (exact) mass is 277 g/mol. The summed E-state index contributed by atoms with van der Waals surface area (Å²) in [6, 6.07) is 7.46. The Hall–Kier alpha value is -1.55. The highest BCUT2D eigenvalue weighted by Gasteiger charge is 2.49. The maximum Gasteiger partial charge on any atom is 0.304 e. The van der Waals surface area contributed by atoms with Crippen LogP contribution >= 0.6 is 0 Å². The number of hydrogen-bond donors (Lipinski definition) is 2. The summed E-state index contributed by atoms with van der Waals surface area (Å²) in [5.74, 6) is -0.0599. The van der Waals surface area contributed by atoms with Crippen LogP contribution in [0.25, 0.3) is 0 Å². The summed E-state index contributed by atoms with van der Waals surface area (Å²) in [4.78, 5) is 11.4. The third-order valence-electron chi connectivity index (χ3n) is 4.17. The first-order chi connectivity index (χ1) is 9.31. The van der Waals surface area contributed by atoms with E-state index in [0.717, 1.165) is 17.7 Å². The molecule has 20 heavy (non-hydrogen) atoms. The fourth-order valence-corrected chi connectivity index (χ4v) is 3.44. The Bertz CT molecular complexity index is 512. The molecule has 3 N–H and O–H groups in total. The van der Waals surface area contributed by atoms with Gasteiger partial charge in [-0.2, -0.15) is 0 Å². The molecule has 1 heterocycles. The van der Waals surface area contributed by atoms with E-state index >= 15 is 0 Å². The molecular formula is C16H23NO3. The van der Waals surface area contributed by atoms with Crippen LogP contribution in [0.2, 0.25) is 0 Å². The number of carbonyl (C=O) groups is 1. The summed E-state index contributed by atoms with van der Waals surface area (Å²) in [5, 5.41) is 9.37. The van der Waals surface area contributed by atoms with E-state index < -0.39 is 17.0 Å². The van der Waals surface area contributed by atoms with Gasteiger partial charge in [0.2, 0.25) is 0 Å². The van der Waals surface area contributed by atoms with Crippen molar-refractivity contribution in [3.63, 3.8) is 0 Å². The van der Waals surface area contributed by atoms with Crippen LogP contribution in [0.5, 0.6) is 5.75 Å². The van der Waals surface area contributed by atoms with Gasteiger partial charge < -0.3 is 15.6 Å². The van der Waals surface area contributed by atoms with Crippen LogP contribution in [0.4, 0.5) is 0 Å². The smallest absolute Gasteiger partial charge is 0.304 e. The van der Waals surface area contributed by atoms with Gasteiger partial charge in [-0.3, -0.25) is 4.79 Å². The molecule has 4 nitrogen and oxygen atoms in total. The first-order valence-corrected chi connectivity index (χ1v) is 7.06. The van der Waals surface area contributed by atoms with Gasteiger partial charge in [0.25, 0.3) is 0 Å². The van der Waals surface area contributed by atoms with Crippen LogP contribution in [0.15, 0.2) is 24.3 Å². The summed E-state index contributed by atoms with van der Waals surface area (Å²) in [6.07, 6.45) is 1.38. The molecule has 0 saturated carbocycles. The predicted molar refractivity (Wildman–Crippen MR) is 78.0 cm³/mol. The van der Waals surface area contributed by atoms with E-state index in [2.05, 4.69) is 0 Å². The highest BCUT2D eigenvalue weighted by atomic mass is 16.5. The van der Waals surface area contributed by atoms with Crippen LogP contribution in [-0.4, -0.2) is 22.7 Å². The zero-order valence-electron chi connectivity index (χ0n) is 12.3. The molecule has 2 unspecified atom stereocenters. The first kappa shape index (κ1) is 14.9. The van der Waals surface area contributed by atoms with Crippen molar-refractivity contribution in [3.05, 3.63) is 29.8 Å². The van der Waals surface area contributed by atoms with Crippen molar-refractivity contribution >= 4 is 5.97 Å². The Morgan fingerprint density at radius 2 is 2.10 bits per heavy atom. The Balaban J connectivity index is 2.62. The van der Waals surface area contributed by atoms with Crippen molar-refractivity contribution in [1.82, 2.24) is 0 Å². The predicted octanol–water partition coefficient (Wildman–Crippen LogP) is 2.70. The Morgan fingerprint density at radius 3 is 2.70 bits per heavy atom. The van der Waals surface area contributed by atoms with Crippen molar-refractivity contribution in [1.29, 1.82) is 0 Å². The second-order valence-corrected chi connectivity index (χ2v) is 6.28. The normalized spacial score (nSPS) is 25.4. The lowest BCUT2D eigenvalue weighted by molar-refractivity contribution is -0.139. The fraction of sp³-hybridized carbons (Fsp3) is 0.562. The van der Waals surface area contributed by atoms with E-state index in [4.69, 9.17) is 10.5 Å². The molecule has 110 valence electrons. The zero-order valence-corrected chi connectivity index (χ0v) is 12.3. The SMILES string of the molecule is CCC(N)C1(CC(=O)O)CC(C)(C)Oc2ccccc21. The van der Waals surface area contributed by atoms with Crippen LogP contribution in [0, 0.1) is 0 Å². The maximum absolute atomic E-state index is 11.4. The Labute approximate surface area is 119 Å². The summed E-state index contributed by atoms with van der Waals surface area (Å²) in [7, 11) is 0. The number of carboxylic acids is 1. The first-order valence-electron chi connectivity index (χ1n) is 7.06. The minimum atomic E-state index is -0.818. The lowest BCUT2D eigenvalue weighted by Gasteiger charge is -2.48. The number of fused-ring (bicyclic) bond motifs is 1. The third-order valence-corrected chi connectivity index (χ3v) is 4.17. The molecule has 0 saturated heterocycles. The molecular weight excluding hydrogens is 254 g/mol. The molecule has 0 fully saturated rings. The van der Waals surface area contributed by atoms with Gasteiger partial charge in [0.05, 0.1) is 6.42 Å². The van der Waals surface area contributed by atoms with Crippen LogP contribution in [0.3, 0.4) is 0 Å². The highest BCUT2D eigenvalue weighted by Crippen LogP contribution is 2.49. The molecule has 0 radical (unpaired) electrons. The fourth-order valence-electron chi connectivity index (χ4n) is 3.44. The van der Waals surface area contributed by atoms with Crippen molar-refractivity contribution in [2.24, 2.45) is 5.73 Å². The number of hydrogen-bond acceptors (Lipinski definition) is 3. The molecule has 4 heteroatoms. The minimum absolute atomic E-state index is 0.0335. The lowest BCUT2D eigenvalue weighted by Crippen LogP contribution is -2.54. The molecule has 0 spiro atoms. The topological polar surface area (TPSA) is 72.6 Å². The number of nitrogens with two attached hydrogens (primary N) is 1. The van der Waals surface area contributed by atoms with Crippen LogP contribution < -0.4 is 10.5 Å². The number of rotatable bonds is 4. The van der Waals surface area contributed by atoms with Gasteiger partial charge in [0, 0.05) is 17.0 Å². The van der Waals surface area contributed by atoms with Gasteiger partial charge in [0.1, 0.15) is 11.4 Å². The van der Waals surface area contributed by atoms with Gasteiger partial charge in [-0.1, -0.05) is 25.1 Å². The summed E-state index contributed by atoms with van der Waals surface area (Å²) >= 11 is 0. The van der Waals surface area contributed by atoms with Crippen LogP contribution in [0.1, 0.15) is 45.6 Å². The molecule has 0 bridgehead atoms. The molecule has 1 aromatic carbocycles. The third kappa shape index (κ3) is 2.52. The average molecular weight is 277 g/mol. The molecule has 2 atom stereocenters. The minimum Gasteiger partial charge on any atom is -0.488 e. The number of aliphatic carboxylic acids is 1. The summed E-state index contributed by atoms with van der Waals surface area (Å²) < 4.78 is 6.00. The van der Waals surface area contributed by atoms with E-state index in [1.54, 1.807) is 0 Å². The van der Waals surface area contributed by atoms with E-state index in [1.807, 2.05) is 45.0 Å². The van der Waals surface area contributed by atoms with E-state index in [-0.39, 0.29) is 12.5 Å². The molecule has 0 aromatic heterocycles. The van der Waals surface area contributed by atoms with E-state index in [9.17, 15) is 9.90 Å². The number of carboxylic acid groups (broad SMARTS) is 1. The van der Waals surface area contributed by atoms with Gasteiger partial charge in [0.15, 0.2) is 0 Å². The summed E-state index contributed by atoms with van der Waals surface area (Å²) in [6.45, 7) is 5.98. The second kappa shape index (κ2) is 5.09. The Morgan fingerprint density at radius 1 is 1.45 bits per heavy atom. The van der Waals surface area contributed by atoms with Crippen molar-refractivity contribution in [3.8, 4) is 5.75 Å². The standard InChI is InChI=1S/C16H23NO3/c1-4-13(17)16(9-14(18)19)10-15(2,3)20-12-8-6-5-7-11(12)16/h5-8,13H,4,9-10,17H2,1-3H3,(H,18,19). The van der Waals surface area contributed by atoms with Crippen molar-refractivity contribution in [2.45, 2.75) is 57.1 Å². The molecule has 0 aliphatic carbocycles. The van der Waals surface area contributed by atoms with E-state index in [1.165, 1.54) is 0 Å². The van der Waals surface area contributed by atoms with Gasteiger partial charge in [-0.15, -0.1) is 0 Å². The average Bonchev–Trinajstić information content (AvgIpc) is 2.35. The van der Waals surface area contributed by atoms with Gasteiger partial charge in [-0.05, 0) is 32.8 Å². The van der Waals surface area contributed by atoms with Crippen LogP contribution in [-0.2, 0) is 10.2 Å². The second-order valence-electron chi connectivity index (χ2n) is 6.28. The number of benzene rings is 1. The number of para-hydroxylation sites is 1. The van der Waals surface area contributed by atoms with Crippen molar-refractivity contribution in [2.75, 3.05) is 0 Å². The molecule has 0 amide bonds. The largest absolute Gasteiger partial charge is 0.488 e. The molecule has 1 aliphatic heterocycles. The van der Waals surface area contributed by atoms with Gasteiger partial charge >= 0.3 is 5.97 Å². The molecule has 2 rings (SSSR count). The quantitative estimate of drug-likeness (QED) is 0.887. The lowest BCUT2D eigenvalue weighted by atomic mass is 9.64. The van der Waals surface area contributed by atoms with Gasteiger partial charge in [-0.25, -0.2) is 0 Å². The number of ether oxygens (including phenoxy) is 1. The Kier molecular flexibility index (Phi) is 3.78. The van der Waals surface area contributed by atoms with Crippen molar-refractivity contribution < 1.29 is 14.6 Å². The summed E-state index contributed by atoms with van der Waals surface area (Å²) in [5.41, 5.74) is 6.28. The van der Waals surface area contributed by atoms with E-state index in [0.29, 0.717) is 6.42 Å². The zero-order chi connectivity index (χ0) is 15.0. The maximum atomic E-state index is 11.4. The highest BCUT2D eigenvalue weighted by molar-refractivity contribution is 5.70. The molecule has 1 aliphatic rings.